The van der Waals surface area contributed by atoms with Gasteiger partial charge in [0.05, 0.1) is 28.3 Å². The number of hydrogen-bond donors (Lipinski definition) is 0. The molecule has 0 bridgehead atoms. The summed E-state index contributed by atoms with van der Waals surface area (Å²) in [5.41, 5.74) is 9.29. The second kappa shape index (κ2) is 55.6. The zero-order valence-electron chi connectivity index (χ0n) is 71.5. The first-order chi connectivity index (χ1) is 59.5. The summed E-state index contributed by atoms with van der Waals surface area (Å²) in [6.45, 7) is 16.8. The summed E-state index contributed by atoms with van der Waals surface area (Å²) in [5.74, 6) is -2.10. The predicted molar refractivity (Wildman–Crippen MR) is 460 cm³/mol. The SMILES string of the molecule is CC(C)(C)c1nc(-c2[c-]cccc2)cs1.Cc1cc[c-]c(-c2nccn2C)c1.Cc1ncnn1-c1[c-]cccc1.Cn1ccnc1-c1[c-]cc(F)nc1F.Cn1ccnc1-c1[c-]cccc1.Cn1nc(-c2[c-]cc(F)cc2F)nc1CC(C)(C)C.Fc1c[c-]c(-c2ccccn2)c(F)n1.Fc1c[c-]c(-n2cccn2)c(F)c1.[Ir].[Pt+2].[Pt+2].[Pt+2].[Pt].[Pt].[c-]1ccccc1-c1ccccn1. The number of nitrogens with zero attached hydrogens (tertiary/aromatic N) is 19. The molecule has 18 aromatic rings. The molecule has 0 amide bonds. The number of aromatic nitrogens is 19. The molecule has 0 saturated heterocycles. The first-order valence-electron chi connectivity index (χ1n) is 38.1. The number of imidazole rings is 3. The molecule has 0 atom stereocenters. The number of benzene rings is 7. The van der Waals surface area contributed by atoms with Gasteiger partial charge in [-0.3, -0.25) is 61.8 Å². The summed E-state index contributed by atoms with van der Waals surface area (Å²) in [5, 5.41) is 15.3. The number of halogens is 8. The van der Waals surface area contributed by atoms with Crippen molar-refractivity contribution in [3.63, 3.8) is 0 Å². The molecule has 0 saturated carbocycles. The molecule has 0 aliphatic rings. The second-order valence-electron chi connectivity index (χ2n) is 28.9. The van der Waals surface area contributed by atoms with Gasteiger partial charge in [0.25, 0.3) is 0 Å². The van der Waals surface area contributed by atoms with E-state index >= 15 is 0 Å². The Morgan fingerprint density at radius 2 is 0.915 bits per heavy atom. The van der Waals surface area contributed by atoms with Crippen molar-refractivity contribution in [2.24, 2.45) is 33.6 Å². The first kappa shape index (κ1) is 112. The van der Waals surface area contributed by atoms with Gasteiger partial charge in [-0.1, -0.05) is 108 Å². The maximum absolute atomic E-state index is 13.7. The fraction of sp³-hybridized carbons (Fsp3) is 0.156. The van der Waals surface area contributed by atoms with E-state index in [1.807, 2.05) is 170 Å². The van der Waals surface area contributed by atoms with Crippen LogP contribution in [0.1, 0.15) is 63.8 Å². The quantitative estimate of drug-likeness (QED) is 0.0713. The third-order valence-electron chi connectivity index (χ3n) is 16.9. The Hall–Kier alpha value is -10.6. The van der Waals surface area contributed by atoms with Gasteiger partial charge in [0.2, 0.25) is 0 Å². The van der Waals surface area contributed by atoms with Crippen molar-refractivity contribution < 1.29 is 161 Å². The summed E-state index contributed by atoms with van der Waals surface area (Å²) >= 11 is 1.72. The number of hydrogen-bond acceptors (Lipinski definition) is 14. The van der Waals surface area contributed by atoms with Crippen LogP contribution in [0.15, 0.2) is 268 Å². The molecule has 0 N–H and O–H groups in total. The zero-order chi connectivity index (χ0) is 88.7. The Morgan fingerprint density at radius 3 is 1.37 bits per heavy atom. The van der Waals surface area contributed by atoms with Crippen molar-refractivity contribution in [1.82, 2.24) is 92.9 Å². The van der Waals surface area contributed by atoms with Gasteiger partial charge >= 0.3 is 63.2 Å². The van der Waals surface area contributed by atoms with Crippen LogP contribution in [0.4, 0.5) is 35.1 Å². The molecular formula is C96H82F8IrN19Pt5S-3. The van der Waals surface area contributed by atoms with Gasteiger partial charge in [0.1, 0.15) is 41.8 Å². The molecule has 11 aromatic heterocycles. The van der Waals surface area contributed by atoms with Crippen LogP contribution in [0.25, 0.3) is 90.7 Å². The molecule has 130 heavy (non-hydrogen) atoms. The molecule has 1 radical (unpaired) electrons. The molecule has 7 aromatic carbocycles. The predicted octanol–water partition coefficient (Wildman–Crippen LogP) is 20.8. The van der Waals surface area contributed by atoms with Crippen molar-refractivity contribution in [1.29, 1.82) is 0 Å². The number of pyridine rings is 4. The maximum atomic E-state index is 13.7. The van der Waals surface area contributed by atoms with Crippen molar-refractivity contribution in [3.05, 3.63) is 392 Å². The van der Waals surface area contributed by atoms with Crippen LogP contribution < -0.4 is 0 Å². The van der Waals surface area contributed by atoms with Gasteiger partial charge < -0.3 is 23.7 Å². The van der Waals surface area contributed by atoms with Crippen LogP contribution in [0.3, 0.4) is 0 Å². The van der Waals surface area contributed by atoms with E-state index in [4.69, 9.17) is 0 Å². The van der Waals surface area contributed by atoms with Crippen LogP contribution in [0.2, 0.25) is 0 Å². The monoisotopic (exact) mass is 2850 g/mol. The van der Waals surface area contributed by atoms with Crippen molar-refractivity contribution in [3.8, 4) is 90.7 Å². The van der Waals surface area contributed by atoms with Crippen molar-refractivity contribution >= 4 is 11.3 Å². The molecule has 19 nitrogen and oxygen atoms in total. The summed E-state index contributed by atoms with van der Waals surface area (Å²) < 4.78 is 114. The van der Waals surface area contributed by atoms with Crippen molar-refractivity contribution in [2.75, 3.05) is 0 Å². The van der Waals surface area contributed by atoms with Crippen LogP contribution in [0, 0.1) is 121 Å². The van der Waals surface area contributed by atoms with E-state index in [0.29, 0.717) is 11.5 Å². The molecule has 0 aliphatic carbocycles. The number of rotatable bonds is 10. The average Bonchev–Trinajstić information content (AvgIpc) is 1.64. The Bertz CT molecular complexity index is 6180. The van der Waals surface area contributed by atoms with Gasteiger partial charge in [0.15, 0.2) is 0 Å². The molecule has 11 heterocycles. The minimum absolute atomic E-state index is 0. The van der Waals surface area contributed by atoms with E-state index in [0.717, 1.165) is 105 Å². The molecule has 0 fully saturated rings. The molecule has 0 aliphatic heterocycles. The van der Waals surface area contributed by atoms with E-state index in [1.165, 1.54) is 40.2 Å². The molecule has 0 unspecified atom stereocenters. The first-order valence-corrected chi connectivity index (χ1v) is 39.0. The third-order valence-corrected chi connectivity index (χ3v) is 18.1. The Balaban J connectivity index is 0.000000305. The van der Waals surface area contributed by atoms with Gasteiger partial charge in [-0.2, -0.15) is 40.5 Å². The zero-order valence-corrected chi connectivity index (χ0v) is 86.0. The second-order valence-corrected chi connectivity index (χ2v) is 29.7. The number of para-hydroxylation sites is 1. The van der Waals surface area contributed by atoms with E-state index in [-0.39, 0.29) is 164 Å². The van der Waals surface area contributed by atoms with Crippen LogP contribution >= 0.6 is 11.3 Å². The normalized spacial score (nSPS) is 10.1. The van der Waals surface area contributed by atoms with Gasteiger partial charge in [-0.15, -0.1) is 197 Å². The van der Waals surface area contributed by atoms with E-state index in [1.54, 1.807) is 94.6 Å². The molecule has 18 rings (SSSR count). The summed E-state index contributed by atoms with van der Waals surface area (Å²) in [4.78, 5) is 39.6. The number of thiazole rings is 1. The third kappa shape index (κ3) is 34.6. The van der Waals surface area contributed by atoms with E-state index in [2.05, 4.69) is 180 Å². The van der Waals surface area contributed by atoms with Gasteiger partial charge in [-0.05, 0) is 64.4 Å². The molecule has 34 heteroatoms. The Labute approximate surface area is 840 Å². The van der Waals surface area contributed by atoms with E-state index in [9.17, 15) is 35.1 Å². The van der Waals surface area contributed by atoms with Crippen LogP contribution in [-0.2, 0) is 165 Å². The minimum Gasteiger partial charge on any atom is -0.373 e. The Morgan fingerprint density at radius 1 is 0.415 bits per heavy atom. The van der Waals surface area contributed by atoms with Crippen LogP contribution in [0.5, 0.6) is 0 Å². The number of aryl methyl sites for hydroxylation is 6. The maximum Gasteiger partial charge on any atom is 2.00 e. The van der Waals surface area contributed by atoms with Gasteiger partial charge in [-0.25, -0.2) is 32.3 Å². The fourth-order valence-electron chi connectivity index (χ4n) is 10.9. The van der Waals surface area contributed by atoms with Gasteiger partial charge in [0, 0.05) is 187 Å². The Kier molecular flexibility index (Phi) is 47.8. The summed E-state index contributed by atoms with van der Waals surface area (Å²) in [7, 11) is 7.43. The molecule has 0 spiro atoms. The summed E-state index contributed by atoms with van der Waals surface area (Å²) in [6, 6.07) is 81.2. The standard InChI is InChI=1S/C14H16F2N3.C13H14NS.C11H11N2.C11H8N.C10H5F2N2.C10H9N2.C9H6F2N3.C9H5F2N2.C9H8N3.Ir.5Pt/c1-14(2,3)8-12-17-13(18-19(12)4)10-6-5-9(15)7-11(10)16;1-13(2,3)12-14-11(9-15-12)10-7-5-4-6-8-10;1-9-4-3-5-10(8-9)11-12-6-7-13(11)2;1-2-6-10(7-3-1)11-8-4-5-9-12-11;11-9-5-4-7(10(12)14-9)8-3-1-2-6-13-8;1-12-8-7-11-10(12)9-5-3-2-4-6-9;1-14-5-4-12-9(14)6-2-3-7(10)13-8(6)11;10-7-2-3-9(8(11)6-7)13-5-1-4-12-13;1-8-10-7-11-12(8)9-5-3-2-4-6-9;;;;;;/h5,7H,8H2,1-4H3;4-7,9H,1-3H3;3-4,6-8H,1-2H3;1-6,8-9H;1-3,5-6H;2-5,7-8H,1H3;3-5H,1H3;1-2,4-6H;2-5,7H,1H3;;;;;;/q9*-1;;;;3*+2. The average molecular weight is 2850 g/mol. The van der Waals surface area contributed by atoms with E-state index < -0.39 is 47.1 Å². The molecular weight excluding hydrogens is 2770 g/mol. The van der Waals surface area contributed by atoms with Crippen molar-refractivity contribution in [2.45, 2.75) is 67.2 Å². The minimum atomic E-state index is -0.903. The fourth-order valence-corrected chi connectivity index (χ4v) is 11.8. The topological polar surface area (TPSA) is 197 Å². The smallest absolute Gasteiger partial charge is 0.373 e. The summed E-state index contributed by atoms with van der Waals surface area (Å²) in [6.07, 6.45) is 19.3. The molecule has 685 valence electrons. The largest absolute Gasteiger partial charge is 2.00 e. The van der Waals surface area contributed by atoms with Crippen LogP contribution in [-0.4, -0.2) is 92.9 Å².